The van der Waals surface area contributed by atoms with Crippen molar-refractivity contribution >= 4 is 29.0 Å². The van der Waals surface area contributed by atoms with Crippen molar-refractivity contribution in [3.8, 4) is 0 Å². The Bertz CT molecular complexity index is 1040. The van der Waals surface area contributed by atoms with Gasteiger partial charge in [-0.15, -0.1) is 0 Å². The second kappa shape index (κ2) is 6.95. The summed E-state index contributed by atoms with van der Waals surface area (Å²) >= 11 is 0. The van der Waals surface area contributed by atoms with Crippen molar-refractivity contribution in [2.45, 2.75) is 13.0 Å². The number of benzene rings is 2. The van der Waals surface area contributed by atoms with Crippen LogP contribution in [0.3, 0.4) is 0 Å². The van der Waals surface area contributed by atoms with Gasteiger partial charge in [0, 0.05) is 17.8 Å². The van der Waals surface area contributed by atoms with E-state index in [9.17, 15) is 29.6 Å². The zero-order valence-corrected chi connectivity index (χ0v) is 14.5. The third-order valence-electron chi connectivity index (χ3n) is 4.38. The lowest BCUT2D eigenvalue weighted by Gasteiger charge is -2.26. The number of anilines is 1. The first-order valence-corrected chi connectivity index (χ1v) is 8.07. The van der Waals surface area contributed by atoms with Crippen LogP contribution in [0.25, 0.3) is 0 Å². The number of aliphatic hydroxyl groups excluding tert-OH is 1. The Morgan fingerprint density at radius 2 is 1.79 bits per heavy atom. The molecule has 28 heavy (non-hydrogen) atoms. The molecule has 9 heteroatoms. The van der Waals surface area contributed by atoms with Crippen molar-refractivity contribution in [2.75, 3.05) is 4.90 Å². The minimum Gasteiger partial charge on any atom is -0.503 e. The molecule has 0 fully saturated rings. The third kappa shape index (κ3) is 3.09. The summed E-state index contributed by atoms with van der Waals surface area (Å²) in [5.74, 6) is -3.32. The minimum atomic E-state index is -1.15. The van der Waals surface area contributed by atoms with Gasteiger partial charge in [0.25, 0.3) is 11.6 Å². The van der Waals surface area contributed by atoms with Crippen molar-refractivity contribution < 1.29 is 29.5 Å². The maximum atomic E-state index is 12.7. The molecule has 9 nitrogen and oxygen atoms in total. The van der Waals surface area contributed by atoms with Gasteiger partial charge >= 0.3 is 5.97 Å². The van der Waals surface area contributed by atoms with E-state index in [1.807, 2.05) is 0 Å². The van der Waals surface area contributed by atoms with E-state index in [0.29, 0.717) is 0 Å². The van der Waals surface area contributed by atoms with Gasteiger partial charge < -0.3 is 10.2 Å². The summed E-state index contributed by atoms with van der Waals surface area (Å²) < 4.78 is 0. The van der Waals surface area contributed by atoms with Crippen LogP contribution in [0.1, 0.15) is 28.9 Å². The molecule has 2 aromatic carbocycles. The zero-order chi connectivity index (χ0) is 20.6. The SMILES string of the molecule is CC(=O)C1=C(O)C(=O)N(c2ccc(C(=O)O)cc2)C1c1cccc([N+](=O)[O-])c1. The number of hydrogen-bond donors (Lipinski definition) is 2. The fourth-order valence-electron chi connectivity index (χ4n) is 3.12. The summed E-state index contributed by atoms with van der Waals surface area (Å²) in [5, 5.41) is 30.4. The molecule has 1 aliphatic heterocycles. The van der Waals surface area contributed by atoms with Gasteiger partial charge in [-0.25, -0.2) is 4.79 Å². The molecule has 1 heterocycles. The highest BCUT2D eigenvalue weighted by Crippen LogP contribution is 2.41. The third-order valence-corrected chi connectivity index (χ3v) is 4.38. The van der Waals surface area contributed by atoms with Gasteiger partial charge in [0.2, 0.25) is 0 Å². The van der Waals surface area contributed by atoms with E-state index in [1.165, 1.54) is 55.5 Å². The molecule has 1 aliphatic rings. The van der Waals surface area contributed by atoms with Gasteiger partial charge in [0.1, 0.15) is 0 Å². The number of non-ortho nitro benzene ring substituents is 1. The molecule has 0 spiro atoms. The molecule has 0 saturated carbocycles. The van der Waals surface area contributed by atoms with Crippen LogP contribution >= 0.6 is 0 Å². The smallest absolute Gasteiger partial charge is 0.335 e. The van der Waals surface area contributed by atoms with E-state index < -0.39 is 34.4 Å². The maximum Gasteiger partial charge on any atom is 0.335 e. The van der Waals surface area contributed by atoms with E-state index in [4.69, 9.17) is 5.11 Å². The van der Waals surface area contributed by atoms with E-state index in [2.05, 4.69) is 0 Å². The molecule has 2 N–H and O–H groups in total. The number of nitro groups is 1. The number of ketones is 1. The molecule has 0 aromatic heterocycles. The van der Waals surface area contributed by atoms with Crippen molar-refractivity contribution in [3.05, 3.63) is 81.1 Å². The standard InChI is InChI=1S/C19H14N2O7/c1-10(22)15-16(12-3-2-4-14(9-12)21(27)28)20(18(24)17(15)23)13-7-5-11(6-8-13)19(25)26/h2-9,16,23H,1H3,(H,25,26). The Kier molecular flexibility index (Phi) is 4.66. The highest BCUT2D eigenvalue weighted by molar-refractivity contribution is 6.16. The quantitative estimate of drug-likeness (QED) is 0.599. The Balaban J connectivity index is 2.16. The van der Waals surface area contributed by atoms with Crippen molar-refractivity contribution in [1.82, 2.24) is 0 Å². The first kappa shape index (κ1) is 18.8. The van der Waals surface area contributed by atoms with Crippen LogP contribution in [0, 0.1) is 10.1 Å². The number of carbonyl (C=O) groups is 3. The van der Waals surface area contributed by atoms with Crippen LogP contribution in [0.2, 0.25) is 0 Å². The predicted molar refractivity (Wildman–Crippen MR) is 97.1 cm³/mol. The van der Waals surface area contributed by atoms with Crippen LogP contribution in [0.15, 0.2) is 59.9 Å². The Hall–Kier alpha value is -4.01. The Labute approximate surface area is 158 Å². The van der Waals surface area contributed by atoms with Gasteiger partial charge in [-0.2, -0.15) is 0 Å². The van der Waals surface area contributed by atoms with Gasteiger partial charge in [0.05, 0.1) is 22.1 Å². The molecule has 1 atom stereocenters. The zero-order valence-electron chi connectivity index (χ0n) is 14.5. The fourth-order valence-corrected chi connectivity index (χ4v) is 3.12. The number of carbonyl (C=O) groups excluding carboxylic acids is 2. The van der Waals surface area contributed by atoms with Crippen LogP contribution in [-0.4, -0.2) is 32.8 Å². The number of hydrogen-bond acceptors (Lipinski definition) is 6. The maximum absolute atomic E-state index is 12.7. The Morgan fingerprint density at radius 3 is 2.32 bits per heavy atom. The van der Waals surface area contributed by atoms with Crippen LogP contribution in [0.5, 0.6) is 0 Å². The van der Waals surface area contributed by atoms with Gasteiger partial charge in [-0.05, 0) is 36.8 Å². The summed E-state index contributed by atoms with van der Waals surface area (Å²) in [6, 6.07) is 9.60. The topological polar surface area (TPSA) is 138 Å². The van der Waals surface area contributed by atoms with E-state index in [0.717, 1.165) is 4.90 Å². The summed E-state index contributed by atoms with van der Waals surface area (Å²) in [5.41, 5.74) is 0.0629. The molecule has 0 bridgehead atoms. The summed E-state index contributed by atoms with van der Waals surface area (Å²) in [4.78, 5) is 47.4. The second-order valence-corrected chi connectivity index (χ2v) is 6.10. The average molecular weight is 382 g/mol. The van der Waals surface area contributed by atoms with E-state index in [-0.39, 0.29) is 28.1 Å². The molecular formula is C19H14N2O7. The molecule has 2 aromatic rings. The molecule has 1 unspecified atom stereocenters. The monoisotopic (exact) mass is 382 g/mol. The van der Waals surface area contributed by atoms with Gasteiger partial charge in [-0.3, -0.25) is 24.6 Å². The highest BCUT2D eigenvalue weighted by Gasteiger charge is 2.43. The number of carboxylic acids is 1. The van der Waals surface area contributed by atoms with Gasteiger partial charge in [-0.1, -0.05) is 12.1 Å². The number of Topliss-reactive ketones (excluding diaryl/α,β-unsaturated/α-hetero) is 1. The summed E-state index contributed by atoms with van der Waals surface area (Å²) in [6.07, 6.45) is 0. The average Bonchev–Trinajstić information content (AvgIpc) is 2.93. The van der Waals surface area contributed by atoms with Crippen molar-refractivity contribution in [2.24, 2.45) is 0 Å². The van der Waals surface area contributed by atoms with E-state index in [1.54, 1.807) is 0 Å². The highest BCUT2D eigenvalue weighted by atomic mass is 16.6. The number of rotatable bonds is 5. The Morgan fingerprint density at radius 1 is 1.14 bits per heavy atom. The number of amides is 1. The predicted octanol–water partition coefficient (Wildman–Crippen LogP) is 2.78. The number of aromatic carboxylic acids is 1. The number of aliphatic hydroxyl groups is 1. The normalized spacial score (nSPS) is 16.4. The molecule has 142 valence electrons. The molecule has 3 rings (SSSR count). The first-order valence-electron chi connectivity index (χ1n) is 8.07. The number of nitrogens with zero attached hydrogens (tertiary/aromatic N) is 2. The van der Waals surface area contributed by atoms with Gasteiger partial charge in [0.15, 0.2) is 11.5 Å². The largest absolute Gasteiger partial charge is 0.503 e. The lowest BCUT2D eigenvalue weighted by atomic mass is 9.96. The van der Waals surface area contributed by atoms with Crippen LogP contribution in [-0.2, 0) is 9.59 Å². The van der Waals surface area contributed by atoms with Crippen LogP contribution < -0.4 is 4.90 Å². The molecule has 0 aliphatic carbocycles. The van der Waals surface area contributed by atoms with Crippen LogP contribution in [0.4, 0.5) is 11.4 Å². The minimum absolute atomic E-state index is 0.00809. The lowest BCUT2D eigenvalue weighted by molar-refractivity contribution is -0.384. The molecule has 0 saturated heterocycles. The van der Waals surface area contributed by atoms with Crippen molar-refractivity contribution in [1.29, 1.82) is 0 Å². The summed E-state index contributed by atoms with van der Waals surface area (Å²) in [7, 11) is 0. The molecular weight excluding hydrogens is 368 g/mol. The first-order chi connectivity index (χ1) is 13.2. The number of carboxylic acid groups (broad SMARTS) is 1. The summed E-state index contributed by atoms with van der Waals surface area (Å²) in [6.45, 7) is 1.18. The second-order valence-electron chi connectivity index (χ2n) is 6.10. The fraction of sp³-hybridized carbons (Fsp3) is 0.105. The van der Waals surface area contributed by atoms with E-state index >= 15 is 0 Å². The molecule has 1 amide bonds. The lowest BCUT2D eigenvalue weighted by Crippen LogP contribution is -2.30. The van der Waals surface area contributed by atoms with Crippen molar-refractivity contribution in [3.63, 3.8) is 0 Å². The number of nitro benzene ring substituents is 1. The molecule has 0 radical (unpaired) electrons.